The van der Waals surface area contributed by atoms with Crippen molar-refractivity contribution in [3.63, 3.8) is 0 Å². The minimum atomic E-state index is -5.14. The van der Waals surface area contributed by atoms with Crippen LogP contribution in [0.15, 0.2) is 0 Å². The first kappa shape index (κ1) is 10.9. The monoisotopic (exact) mass is 187 g/mol. The standard InChI is InChI=1S/C5H5F4NO2/c1-10(3(11)2-6)4(12)5(7,8)9/h2H2,1H3. The minimum absolute atomic E-state index is 0.306. The van der Waals surface area contributed by atoms with E-state index >= 15 is 0 Å². The molecule has 0 saturated heterocycles. The zero-order valence-electron chi connectivity index (χ0n) is 5.98. The van der Waals surface area contributed by atoms with Crippen molar-refractivity contribution in [2.45, 2.75) is 6.18 Å². The fraction of sp³-hybridized carbons (Fsp3) is 0.600. The molecule has 0 fully saturated rings. The topological polar surface area (TPSA) is 37.4 Å². The van der Waals surface area contributed by atoms with E-state index in [4.69, 9.17) is 0 Å². The molecule has 0 aromatic heterocycles. The maximum Gasteiger partial charge on any atom is 0.471 e. The maximum atomic E-state index is 11.5. The molecule has 0 aliphatic heterocycles. The summed E-state index contributed by atoms with van der Waals surface area (Å²) < 4.78 is 46.1. The van der Waals surface area contributed by atoms with Crippen molar-refractivity contribution in [1.82, 2.24) is 4.90 Å². The number of amides is 2. The Labute approximate surface area is 64.9 Å². The molecule has 12 heavy (non-hydrogen) atoms. The van der Waals surface area contributed by atoms with E-state index in [1.54, 1.807) is 0 Å². The molecule has 0 saturated carbocycles. The third-order valence-corrected chi connectivity index (χ3v) is 1.04. The molecule has 0 atom stereocenters. The van der Waals surface area contributed by atoms with Crippen LogP contribution in [0.1, 0.15) is 0 Å². The van der Waals surface area contributed by atoms with E-state index in [9.17, 15) is 27.2 Å². The predicted molar refractivity (Wildman–Crippen MR) is 29.8 cm³/mol. The van der Waals surface area contributed by atoms with Crippen LogP contribution in [0.2, 0.25) is 0 Å². The van der Waals surface area contributed by atoms with Gasteiger partial charge in [0.25, 0.3) is 5.91 Å². The molecule has 0 aliphatic carbocycles. The number of nitrogens with zero attached hydrogens (tertiary/aromatic N) is 1. The van der Waals surface area contributed by atoms with Crippen LogP contribution in [-0.2, 0) is 9.59 Å². The van der Waals surface area contributed by atoms with Crippen molar-refractivity contribution in [1.29, 1.82) is 0 Å². The van der Waals surface area contributed by atoms with E-state index in [-0.39, 0.29) is 4.90 Å². The first-order chi connectivity index (χ1) is 5.30. The van der Waals surface area contributed by atoms with Crippen LogP contribution >= 0.6 is 0 Å². The minimum Gasteiger partial charge on any atom is -0.276 e. The zero-order valence-corrected chi connectivity index (χ0v) is 5.98. The molecule has 70 valence electrons. The van der Waals surface area contributed by atoms with Gasteiger partial charge in [0.2, 0.25) is 0 Å². The van der Waals surface area contributed by atoms with Gasteiger partial charge in [0.05, 0.1) is 0 Å². The Balaban J connectivity index is 4.41. The van der Waals surface area contributed by atoms with Gasteiger partial charge in [-0.15, -0.1) is 0 Å². The Morgan fingerprint density at radius 2 is 1.75 bits per heavy atom. The van der Waals surface area contributed by atoms with Crippen molar-refractivity contribution in [2.75, 3.05) is 13.7 Å². The number of halogens is 4. The van der Waals surface area contributed by atoms with Gasteiger partial charge in [0.1, 0.15) is 0 Å². The quantitative estimate of drug-likeness (QED) is 0.560. The zero-order chi connectivity index (χ0) is 9.94. The number of carbonyl (C=O) groups excluding carboxylic acids is 2. The van der Waals surface area contributed by atoms with Gasteiger partial charge in [-0.1, -0.05) is 0 Å². The Morgan fingerprint density at radius 3 is 2.00 bits per heavy atom. The van der Waals surface area contributed by atoms with Crippen molar-refractivity contribution >= 4 is 11.8 Å². The molecule has 0 N–H and O–H groups in total. The Morgan fingerprint density at radius 1 is 1.33 bits per heavy atom. The summed E-state index contributed by atoms with van der Waals surface area (Å²) in [6.45, 7) is -1.63. The second-order valence-corrected chi connectivity index (χ2v) is 1.89. The molecule has 0 unspecified atom stereocenters. The molecule has 7 heteroatoms. The molecule has 0 bridgehead atoms. The highest BCUT2D eigenvalue weighted by molar-refractivity contribution is 5.97. The Kier molecular flexibility index (Phi) is 3.17. The van der Waals surface area contributed by atoms with E-state index in [1.807, 2.05) is 0 Å². The third kappa shape index (κ3) is 2.48. The Hall–Kier alpha value is -1.14. The molecule has 0 aromatic carbocycles. The normalized spacial score (nSPS) is 11.1. The molecule has 0 aromatic rings. The molecule has 2 amide bonds. The number of hydrogen-bond acceptors (Lipinski definition) is 2. The lowest BCUT2D eigenvalue weighted by atomic mass is 10.5. The van der Waals surface area contributed by atoms with E-state index in [2.05, 4.69) is 0 Å². The van der Waals surface area contributed by atoms with Crippen molar-refractivity contribution in [2.24, 2.45) is 0 Å². The number of alkyl halides is 4. The third-order valence-electron chi connectivity index (χ3n) is 1.04. The summed E-state index contributed by atoms with van der Waals surface area (Å²) in [5, 5.41) is 0. The van der Waals surface area contributed by atoms with Gasteiger partial charge in [0, 0.05) is 7.05 Å². The number of carbonyl (C=O) groups is 2. The second-order valence-electron chi connectivity index (χ2n) is 1.89. The van der Waals surface area contributed by atoms with E-state index in [1.165, 1.54) is 0 Å². The average Bonchev–Trinajstić information content (AvgIpc) is 1.98. The molecule has 0 radical (unpaired) electrons. The van der Waals surface area contributed by atoms with Gasteiger partial charge < -0.3 is 0 Å². The first-order valence-corrected chi connectivity index (χ1v) is 2.74. The van der Waals surface area contributed by atoms with Gasteiger partial charge in [-0.2, -0.15) is 13.2 Å². The largest absolute Gasteiger partial charge is 0.471 e. The van der Waals surface area contributed by atoms with Gasteiger partial charge >= 0.3 is 12.1 Å². The summed E-state index contributed by atoms with van der Waals surface area (Å²) in [5.74, 6) is -3.89. The average molecular weight is 187 g/mol. The molecular weight excluding hydrogens is 182 g/mol. The van der Waals surface area contributed by atoms with Gasteiger partial charge in [-0.05, 0) is 0 Å². The second kappa shape index (κ2) is 3.51. The molecule has 0 rings (SSSR count). The molecule has 0 spiro atoms. The summed E-state index contributed by atoms with van der Waals surface area (Å²) in [4.78, 5) is 20.1. The fourth-order valence-corrected chi connectivity index (χ4v) is 0.393. The molecule has 0 heterocycles. The van der Waals surface area contributed by atoms with Gasteiger partial charge in [0.15, 0.2) is 6.67 Å². The van der Waals surface area contributed by atoms with Crippen LogP contribution in [-0.4, -0.2) is 36.6 Å². The fourth-order valence-electron chi connectivity index (χ4n) is 0.393. The number of hydrogen-bond donors (Lipinski definition) is 0. The van der Waals surface area contributed by atoms with Crippen molar-refractivity contribution < 1.29 is 27.2 Å². The van der Waals surface area contributed by atoms with Gasteiger partial charge in [-0.25, -0.2) is 4.39 Å². The highest BCUT2D eigenvalue weighted by Crippen LogP contribution is 2.17. The van der Waals surface area contributed by atoms with E-state index < -0.39 is 24.7 Å². The Bertz CT molecular complexity index is 200. The summed E-state index contributed by atoms with van der Waals surface area (Å²) >= 11 is 0. The van der Waals surface area contributed by atoms with E-state index in [0.717, 1.165) is 0 Å². The lowest BCUT2D eigenvalue weighted by molar-refractivity contribution is -0.186. The van der Waals surface area contributed by atoms with Crippen LogP contribution in [0.25, 0.3) is 0 Å². The predicted octanol–water partition coefficient (Wildman–Crippen LogP) is 0.503. The highest BCUT2D eigenvalue weighted by Gasteiger charge is 2.43. The first-order valence-electron chi connectivity index (χ1n) is 2.74. The number of rotatable bonds is 1. The van der Waals surface area contributed by atoms with Crippen LogP contribution < -0.4 is 0 Å². The summed E-state index contributed by atoms with van der Waals surface area (Å²) in [5.41, 5.74) is 0. The number of imide groups is 1. The van der Waals surface area contributed by atoms with Crippen molar-refractivity contribution in [3.05, 3.63) is 0 Å². The van der Waals surface area contributed by atoms with Crippen LogP contribution in [0.4, 0.5) is 17.6 Å². The smallest absolute Gasteiger partial charge is 0.276 e. The van der Waals surface area contributed by atoms with Crippen LogP contribution in [0.3, 0.4) is 0 Å². The highest BCUT2D eigenvalue weighted by atomic mass is 19.4. The van der Waals surface area contributed by atoms with Crippen LogP contribution in [0.5, 0.6) is 0 Å². The maximum absolute atomic E-state index is 11.5. The van der Waals surface area contributed by atoms with Crippen LogP contribution in [0, 0.1) is 0 Å². The summed E-state index contributed by atoms with van der Waals surface area (Å²) in [6, 6.07) is 0. The van der Waals surface area contributed by atoms with Crippen molar-refractivity contribution in [3.8, 4) is 0 Å². The SMILES string of the molecule is CN(C(=O)CF)C(=O)C(F)(F)F. The lowest BCUT2D eigenvalue weighted by Crippen LogP contribution is -2.42. The lowest BCUT2D eigenvalue weighted by Gasteiger charge is -2.14. The summed E-state index contributed by atoms with van der Waals surface area (Å²) in [6.07, 6.45) is -5.14. The van der Waals surface area contributed by atoms with Gasteiger partial charge in [-0.3, -0.25) is 14.5 Å². The van der Waals surface area contributed by atoms with E-state index in [0.29, 0.717) is 7.05 Å². The summed E-state index contributed by atoms with van der Waals surface area (Å²) in [7, 11) is 0.567. The molecule has 3 nitrogen and oxygen atoms in total. The molecule has 0 aliphatic rings. The molecular formula is C5H5F4NO2.